The molecule has 7 aromatic rings. The van der Waals surface area contributed by atoms with E-state index in [1.165, 1.54) is 83.6 Å². The molecule has 0 fully saturated rings. The van der Waals surface area contributed by atoms with Crippen LogP contribution in [0.3, 0.4) is 0 Å². The molecule has 0 radical (unpaired) electrons. The molecular weight excluding hydrogens is 747 g/mol. The van der Waals surface area contributed by atoms with E-state index in [9.17, 15) is 0 Å². The Morgan fingerprint density at radius 2 is 1.03 bits per heavy atom. The first kappa shape index (κ1) is 38.2. The minimum absolute atomic E-state index is 0.0115. The highest BCUT2D eigenvalue weighted by molar-refractivity contribution is 5.85. The van der Waals surface area contributed by atoms with E-state index in [1.807, 2.05) is 0 Å². The van der Waals surface area contributed by atoms with Gasteiger partial charge in [-0.3, -0.25) is 0 Å². The van der Waals surface area contributed by atoms with Gasteiger partial charge in [0.25, 0.3) is 0 Å². The zero-order valence-electron chi connectivity index (χ0n) is 36.5. The molecule has 7 aromatic carbocycles. The lowest BCUT2D eigenvalue weighted by Crippen LogP contribution is -2.21. The summed E-state index contributed by atoms with van der Waals surface area (Å²) >= 11 is 0. The summed E-state index contributed by atoms with van der Waals surface area (Å²) in [7, 11) is 0. The highest BCUT2D eigenvalue weighted by Crippen LogP contribution is 2.51. The number of fused-ring (bicyclic) bond motifs is 6. The number of rotatable bonds is 7. The number of allylic oxidation sites excluding steroid dienone is 7. The predicted molar refractivity (Wildman–Crippen MR) is 262 cm³/mol. The standard InChI is InChI=1S/C61H53N/c1-59(2)55-17-11-9-15-51(55)53-33-23-45(39-57(53)59)42-19-27-48(28-20-42)62(50-31-25-47(26-32-50)61(5)37-35-44(36-38-61)41-13-7-6-8-14-41)49-29-21-43(22-30-49)46-24-34-54-52-16-10-12-18-56(52)60(3,4)58(54)40-46/h6-21,23-37,39-40,43H,22,38H2,1-5H3. The zero-order chi connectivity index (χ0) is 42.2. The normalized spacial score (nSPS) is 19.8. The molecule has 0 N–H and O–H groups in total. The van der Waals surface area contributed by atoms with Gasteiger partial charge in [0.2, 0.25) is 0 Å². The molecule has 11 rings (SSSR count). The van der Waals surface area contributed by atoms with Gasteiger partial charge in [-0.25, -0.2) is 0 Å². The molecule has 4 aliphatic rings. The maximum absolute atomic E-state index is 2.48. The van der Waals surface area contributed by atoms with E-state index in [0.29, 0.717) is 5.92 Å². The van der Waals surface area contributed by atoms with Crippen LogP contribution < -0.4 is 4.90 Å². The lowest BCUT2D eigenvalue weighted by Gasteiger charge is -2.32. The SMILES string of the molecule is CC1(c2ccc(N(C3=CCC(c4ccc5c(c4)C(C)(C)c4ccccc4-5)C=C3)c3ccc(-c4ccc5c(c4)C(C)(C)c4ccccc4-5)cc3)cc2)C=CC(c2ccccc2)=CC1. The highest BCUT2D eigenvalue weighted by atomic mass is 15.1. The molecule has 62 heavy (non-hydrogen) atoms. The first-order valence-electron chi connectivity index (χ1n) is 22.4. The first-order chi connectivity index (χ1) is 30.1. The van der Waals surface area contributed by atoms with Gasteiger partial charge in [-0.15, -0.1) is 0 Å². The van der Waals surface area contributed by atoms with Crippen molar-refractivity contribution in [3.05, 3.63) is 245 Å². The molecule has 0 heterocycles. The average molecular weight is 800 g/mol. The Morgan fingerprint density at radius 1 is 0.468 bits per heavy atom. The van der Waals surface area contributed by atoms with Gasteiger partial charge < -0.3 is 4.90 Å². The minimum Gasteiger partial charge on any atom is -0.311 e. The van der Waals surface area contributed by atoms with Crippen LogP contribution in [0.1, 0.15) is 92.3 Å². The summed E-state index contributed by atoms with van der Waals surface area (Å²) < 4.78 is 0. The molecule has 0 spiro atoms. The molecule has 0 bridgehead atoms. The topological polar surface area (TPSA) is 3.24 Å². The second kappa shape index (κ2) is 14.5. The van der Waals surface area contributed by atoms with Gasteiger partial charge in [0, 0.05) is 39.2 Å². The van der Waals surface area contributed by atoms with Gasteiger partial charge in [-0.2, -0.15) is 0 Å². The van der Waals surface area contributed by atoms with E-state index < -0.39 is 0 Å². The quantitative estimate of drug-likeness (QED) is 0.155. The Kier molecular flexibility index (Phi) is 8.92. The van der Waals surface area contributed by atoms with Crippen LogP contribution in [-0.4, -0.2) is 0 Å². The fourth-order valence-corrected chi connectivity index (χ4v) is 10.9. The van der Waals surface area contributed by atoms with Gasteiger partial charge in [0.1, 0.15) is 0 Å². The van der Waals surface area contributed by atoms with Crippen molar-refractivity contribution in [2.75, 3.05) is 4.90 Å². The number of anilines is 2. The summed E-state index contributed by atoms with van der Waals surface area (Å²) in [6, 6.07) is 61.3. The van der Waals surface area contributed by atoms with Crippen molar-refractivity contribution in [3.8, 4) is 33.4 Å². The summed E-state index contributed by atoms with van der Waals surface area (Å²) in [5, 5.41) is 0. The van der Waals surface area contributed by atoms with Crippen molar-refractivity contribution in [2.45, 2.75) is 69.6 Å². The van der Waals surface area contributed by atoms with Crippen LogP contribution in [0.4, 0.5) is 11.4 Å². The molecule has 0 amide bonds. The van der Waals surface area contributed by atoms with Crippen molar-refractivity contribution in [1.29, 1.82) is 0 Å². The Labute approximate surface area is 368 Å². The van der Waals surface area contributed by atoms with Crippen LogP contribution in [0, 0.1) is 0 Å². The average Bonchev–Trinajstić information content (AvgIpc) is 3.69. The monoisotopic (exact) mass is 799 g/mol. The van der Waals surface area contributed by atoms with Crippen molar-refractivity contribution in [2.24, 2.45) is 0 Å². The van der Waals surface area contributed by atoms with Crippen LogP contribution in [0.25, 0.3) is 39.0 Å². The van der Waals surface area contributed by atoms with Crippen LogP contribution in [0.5, 0.6) is 0 Å². The molecule has 0 saturated carbocycles. The maximum atomic E-state index is 2.48. The number of hydrogen-bond acceptors (Lipinski definition) is 1. The second-order valence-electron chi connectivity index (χ2n) is 19.1. The van der Waals surface area contributed by atoms with Gasteiger partial charge in [0.05, 0.1) is 0 Å². The Balaban J connectivity index is 0.907. The van der Waals surface area contributed by atoms with Crippen molar-refractivity contribution >= 4 is 16.9 Å². The van der Waals surface area contributed by atoms with E-state index in [4.69, 9.17) is 0 Å². The number of benzene rings is 7. The minimum atomic E-state index is -0.0713. The van der Waals surface area contributed by atoms with E-state index >= 15 is 0 Å². The molecule has 2 unspecified atom stereocenters. The molecule has 1 nitrogen and oxygen atoms in total. The predicted octanol–water partition coefficient (Wildman–Crippen LogP) is 16.0. The molecule has 4 aliphatic carbocycles. The van der Waals surface area contributed by atoms with Gasteiger partial charge in [-0.1, -0.05) is 198 Å². The zero-order valence-corrected chi connectivity index (χ0v) is 36.5. The number of hydrogen-bond donors (Lipinski definition) is 0. The molecule has 2 atom stereocenters. The second-order valence-corrected chi connectivity index (χ2v) is 19.1. The van der Waals surface area contributed by atoms with Crippen LogP contribution in [0.15, 0.2) is 206 Å². The highest BCUT2D eigenvalue weighted by Gasteiger charge is 2.37. The lowest BCUT2D eigenvalue weighted by molar-refractivity contribution is 0.601. The third-order valence-corrected chi connectivity index (χ3v) is 14.7. The van der Waals surface area contributed by atoms with Crippen molar-refractivity contribution in [1.82, 2.24) is 0 Å². The van der Waals surface area contributed by atoms with E-state index in [0.717, 1.165) is 24.2 Å². The molecule has 0 aliphatic heterocycles. The number of nitrogens with zero attached hydrogens (tertiary/aromatic N) is 1. The fraction of sp³-hybridized carbons (Fsp3) is 0.180. The molecule has 0 aromatic heterocycles. The van der Waals surface area contributed by atoms with Gasteiger partial charge in [0.15, 0.2) is 0 Å². The third kappa shape index (κ3) is 6.20. The summed E-state index contributed by atoms with van der Waals surface area (Å²) in [6.45, 7) is 11.8. The van der Waals surface area contributed by atoms with Crippen molar-refractivity contribution < 1.29 is 0 Å². The Hall–Kier alpha value is -6.70. The Bertz CT molecular complexity index is 3010. The summed E-state index contributed by atoms with van der Waals surface area (Å²) in [5.41, 5.74) is 22.3. The van der Waals surface area contributed by atoms with Crippen LogP contribution in [-0.2, 0) is 16.2 Å². The lowest BCUT2D eigenvalue weighted by atomic mass is 9.75. The summed E-state index contributed by atoms with van der Waals surface area (Å²) in [6.07, 6.45) is 16.2. The molecule has 0 saturated heterocycles. The summed E-state index contributed by atoms with van der Waals surface area (Å²) in [5.74, 6) is 0.317. The largest absolute Gasteiger partial charge is 0.311 e. The molecule has 302 valence electrons. The van der Waals surface area contributed by atoms with Crippen LogP contribution in [0.2, 0.25) is 0 Å². The molecular formula is C61H53N. The summed E-state index contributed by atoms with van der Waals surface area (Å²) in [4.78, 5) is 2.44. The van der Waals surface area contributed by atoms with E-state index in [2.05, 4.69) is 240 Å². The van der Waals surface area contributed by atoms with Gasteiger partial charge >= 0.3 is 0 Å². The maximum Gasteiger partial charge on any atom is 0.0461 e. The van der Waals surface area contributed by atoms with E-state index in [-0.39, 0.29) is 16.2 Å². The fourth-order valence-electron chi connectivity index (χ4n) is 10.9. The van der Waals surface area contributed by atoms with E-state index in [1.54, 1.807) is 0 Å². The first-order valence-corrected chi connectivity index (χ1v) is 22.4. The smallest absolute Gasteiger partial charge is 0.0461 e. The van der Waals surface area contributed by atoms with Crippen molar-refractivity contribution in [3.63, 3.8) is 0 Å². The third-order valence-electron chi connectivity index (χ3n) is 14.7. The van der Waals surface area contributed by atoms with Crippen LogP contribution >= 0.6 is 0 Å². The molecule has 1 heteroatoms. The Morgan fingerprint density at radius 3 is 1.65 bits per heavy atom. The van der Waals surface area contributed by atoms with Gasteiger partial charge in [-0.05, 0) is 127 Å².